The van der Waals surface area contributed by atoms with Gasteiger partial charge in [0.05, 0.1) is 0 Å². The van der Waals surface area contributed by atoms with Gasteiger partial charge in [0.1, 0.15) is 11.3 Å². The van der Waals surface area contributed by atoms with Gasteiger partial charge in [-0.1, -0.05) is 182 Å². The van der Waals surface area contributed by atoms with Crippen molar-refractivity contribution in [2.45, 2.75) is 26.8 Å². The summed E-state index contributed by atoms with van der Waals surface area (Å²) >= 11 is 0. The zero-order chi connectivity index (χ0) is 38.7. The van der Waals surface area contributed by atoms with Crippen LogP contribution in [0.3, 0.4) is 0 Å². The fourth-order valence-corrected chi connectivity index (χ4v) is 7.08. The lowest BCUT2D eigenvalue weighted by Gasteiger charge is -2.11. The average molecular weight is 727 g/mol. The molecule has 1 aromatic heterocycles. The fourth-order valence-electron chi connectivity index (χ4n) is 7.08. The molecule has 0 amide bonds. The van der Waals surface area contributed by atoms with Gasteiger partial charge in [-0.05, 0) is 87.7 Å². The molecule has 0 saturated heterocycles. The average Bonchev–Trinajstić information content (AvgIpc) is 3.48. The monoisotopic (exact) mass is 726 g/mol. The number of fused-ring (bicyclic) bond motifs is 3. The van der Waals surface area contributed by atoms with Crippen LogP contribution < -0.4 is 5.73 Å². The zero-order valence-electron chi connectivity index (χ0n) is 32.0. The minimum atomic E-state index is 0.640. The van der Waals surface area contributed by atoms with Crippen LogP contribution in [0.5, 0.6) is 0 Å². The predicted octanol–water partition coefficient (Wildman–Crippen LogP) is 13.5. The third kappa shape index (κ3) is 8.93. The Morgan fingerprint density at radius 3 is 1.77 bits per heavy atom. The van der Waals surface area contributed by atoms with Gasteiger partial charge in [0.2, 0.25) is 0 Å². The van der Waals surface area contributed by atoms with Crippen LogP contribution in [0.25, 0.3) is 56.0 Å². The maximum Gasteiger partial charge on any atom is 0.135 e. The first-order valence-electron chi connectivity index (χ1n) is 19.1. The van der Waals surface area contributed by atoms with Gasteiger partial charge < -0.3 is 15.6 Å². The van der Waals surface area contributed by atoms with E-state index in [-0.39, 0.29) is 0 Å². The first kappa shape index (κ1) is 37.5. The molecule has 0 spiro atoms. The molecule has 7 aromatic carbocycles. The minimum absolute atomic E-state index is 0.640. The van der Waals surface area contributed by atoms with Crippen LogP contribution in [-0.4, -0.2) is 6.21 Å². The van der Waals surface area contributed by atoms with Gasteiger partial charge >= 0.3 is 0 Å². The number of rotatable bonds is 6. The Morgan fingerprint density at radius 2 is 1.16 bits per heavy atom. The Balaban J connectivity index is 0.000000186. The van der Waals surface area contributed by atoms with Crippen molar-refractivity contribution in [1.82, 2.24) is 0 Å². The maximum atomic E-state index is 7.86. The van der Waals surface area contributed by atoms with Crippen molar-refractivity contribution >= 4 is 28.8 Å². The Labute approximate surface area is 330 Å². The Morgan fingerprint density at radius 1 is 0.589 bits per heavy atom. The highest BCUT2D eigenvalue weighted by molar-refractivity contribution is 6.05. The largest absolute Gasteiger partial charge is 0.460 e. The summed E-state index contributed by atoms with van der Waals surface area (Å²) in [6.45, 7) is 4.93. The maximum absolute atomic E-state index is 7.86. The zero-order valence-corrected chi connectivity index (χ0v) is 32.0. The van der Waals surface area contributed by atoms with Crippen LogP contribution in [-0.2, 0) is 13.0 Å². The van der Waals surface area contributed by atoms with E-state index < -0.39 is 0 Å². The number of hydrogen-bond acceptors (Lipinski definition) is 3. The normalized spacial score (nSPS) is 11.6. The molecule has 0 unspecified atom stereocenters. The molecule has 274 valence electrons. The van der Waals surface area contributed by atoms with Crippen LogP contribution >= 0.6 is 0 Å². The van der Waals surface area contributed by atoms with Gasteiger partial charge in [-0.15, -0.1) is 0 Å². The molecular weight excluding hydrogens is 681 g/mol. The fraction of sp³-hybridized carbons (Fsp3) is 0.0755. The second kappa shape index (κ2) is 18.0. The van der Waals surface area contributed by atoms with E-state index in [9.17, 15) is 0 Å². The minimum Gasteiger partial charge on any atom is -0.460 e. The number of furan rings is 1. The van der Waals surface area contributed by atoms with E-state index in [1.54, 1.807) is 0 Å². The number of nitrogens with one attached hydrogen (secondary N) is 1. The summed E-state index contributed by atoms with van der Waals surface area (Å²) in [5.41, 5.74) is 21.7. The summed E-state index contributed by atoms with van der Waals surface area (Å²) in [7, 11) is 0. The van der Waals surface area contributed by atoms with E-state index >= 15 is 0 Å². The van der Waals surface area contributed by atoms with Gasteiger partial charge in [-0.2, -0.15) is 0 Å². The molecular formula is C53H46N2O. The Kier molecular flexibility index (Phi) is 12.1. The van der Waals surface area contributed by atoms with Crippen LogP contribution in [0.1, 0.15) is 39.1 Å². The second-order valence-electron chi connectivity index (χ2n) is 13.9. The van der Waals surface area contributed by atoms with Crippen LogP contribution in [0.15, 0.2) is 192 Å². The van der Waals surface area contributed by atoms with Crippen LogP contribution in [0.2, 0.25) is 0 Å². The lowest BCUT2D eigenvalue weighted by atomic mass is 9.93. The quantitative estimate of drug-likeness (QED) is 0.168. The summed E-state index contributed by atoms with van der Waals surface area (Å²) in [6, 6.07) is 60.8. The molecule has 1 heterocycles. The van der Waals surface area contributed by atoms with Crippen molar-refractivity contribution in [3.05, 3.63) is 227 Å². The van der Waals surface area contributed by atoms with E-state index in [4.69, 9.17) is 15.6 Å². The summed E-state index contributed by atoms with van der Waals surface area (Å²) in [4.78, 5) is 0. The highest BCUT2D eigenvalue weighted by Crippen LogP contribution is 2.36. The van der Waals surface area contributed by atoms with E-state index in [1.165, 1.54) is 61.8 Å². The number of aryl methyl sites for hydroxylation is 2. The number of hydrogen-bond donors (Lipinski definition) is 2. The van der Waals surface area contributed by atoms with Crippen LogP contribution in [0, 0.1) is 19.3 Å². The molecule has 0 fully saturated rings. The molecule has 9 rings (SSSR count). The molecule has 56 heavy (non-hydrogen) atoms. The number of nitrogens with two attached hydrogens (primary N) is 1. The third-order valence-corrected chi connectivity index (χ3v) is 9.96. The van der Waals surface area contributed by atoms with Crippen molar-refractivity contribution in [3.63, 3.8) is 0 Å². The lowest BCUT2D eigenvalue weighted by molar-refractivity contribution is 0.564. The van der Waals surface area contributed by atoms with Gasteiger partial charge in [0.25, 0.3) is 0 Å². The van der Waals surface area contributed by atoms with Crippen molar-refractivity contribution in [2.75, 3.05) is 0 Å². The predicted molar refractivity (Wildman–Crippen MR) is 238 cm³/mol. The summed E-state index contributed by atoms with van der Waals surface area (Å²) in [6.07, 6.45) is 8.72. The lowest BCUT2D eigenvalue weighted by Crippen LogP contribution is -1.94. The first-order valence-corrected chi connectivity index (χ1v) is 19.1. The highest BCUT2D eigenvalue weighted by atomic mass is 16.3. The summed E-state index contributed by atoms with van der Waals surface area (Å²) in [5.74, 6) is 0.951. The summed E-state index contributed by atoms with van der Waals surface area (Å²) < 4.78 is 6.15. The molecule has 0 atom stereocenters. The van der Waals surface area contributed by atoms with Gasteiger partial charge in [-0.25, -0.2) is 0 Å². The molecule has 3 N–H and O–H groups in total. The highest BCUT2D eigenvalue weighted by Gasteiger charge is 2.18. The number of allylic oxidation sites excluding steroid dienone is 3. The molecule has 3 nitrogen and oxygen atoms in total. The van der Waals surface area contributed by atoms with Gasteiger partial charge in [0, 0.05) is 35.7 Å². The van der Waals surface area contributed by atoms with E-state index in [1.807, 2.05) is 60.7 Å². The van der Waals surface area contributed by atoms with E-state index in [2.05, 4.69) is 147 Å². The molecule has 1 aliphatic carbocycles. The molecule has 0 radical (unpaired) electrons. The van der Waals surface area contributed by atoms with Crippen molar-refractivity contribution in [2.24, 2.45) is 5.73 Å². The van der Waals surface area contributed by atoms with Gasteiger partial charge in [0.15, 0.2) is 0 Å². The topological polar surface area (TPSA) is 63.0 Å². The van der Waals surface area contributed by atoms with Crippen molar-refractivity contribution in [3.8, 4) is 33.4 Å². The van der Waals surface area contributed by atoms with E-state index in [0.29, 0.717) is 6.54 Å². The third-order valence-electron chi connectivity index (χ3n) is 9.96. The molecule has 8 aromatic rings. The molecule has 3 heteroatoms. The summed E-state index contributed by atoms with van der Waals surface area (Å²) in [5, 5.41) is 8.88. The van der Waals surface area contributed by atoms with E-state index in [0.717, 1.165) is 39.9 Å². The Hall–Kier alpha value is -6.81. The molecule has 1 aliphatic rings. The van der Waals surface area contributed by atoms with Crippen LogP contribution in [0.4, 0.5) is 0 Å². The SMILES string of the molecule is Cc1cc(-c2cccc(-c3ccccc3)c2)ccc1C1=Cc2c(oc3cccc(C=N)c23)CC=C1.Cc1cccc(-c2ccccc2)c1.NCc1ccccc1. The van der Waals surface area contributed by atoms with Crippen molar-refractivity contribution < 1.29 is 4.42 Å². The molecule has 0 saturated carbocycles. The Bertz CT molecular complexity index is 2620. The molecule has 0 bridgehead atoms. The first-order chi connectivity index (χ1) is 27.5. The smallest absolute Gasteiger partial charge is 0.135 e. The second-order valence-corrected chi connectivity index (χ2v) is 13.9. The standard InChI is InChI=1S/C33H25NO.C13H12.C7H9N/c1-22-18-26(25-11-5-10-24(19-25)23-8-3-2-4-9-23)16-17-29(22)27-12-6-14-31-30(20-27)33-28(21-34)13-7-15-32(33)35-31;1-11-6-5-9-13(10-11)12-7-3-2-4-8-12;8-6-7-4-2-1-3-5-7/h2-13,15-21,34H,14H2,1H3;2-10H,1H3;1-5H,6,8H2. The number of benzene rings is 7. The van der Waals surface area contributed by atoms with Gasteiger partial charge in [-0.3, -0.25) is 0 Å². The van der Waals surface area contributed by atoms with Crippen molar-refractivity contribution in [1.29, 1.82) is 5.41 Å². The molecule has 0 aliphatic heterocycles.